The zero-order valence-corrected chi connectivity index (χ0v) is 91.3. The molecule has 9 aromatic rings. The molecule has 12 rings (SSSR count). The van der Waals surface area contributed by atoms with Crippen molar-refractivity contribution >= 4 is 44.8 Å². The summed E-state index contributed by atoms with van der Waals surface area (Å²) in [7, 11) is -3.47. The maximum atomic E-state index is 13.2. The first-order valence-electron chi connectivity index (χ1n) is 48.6. The van der Waals surface area contributed by atoms with Crippen molar-refractivity contribution in [1.82, 2.24) is 14.1 Å². The average molecular weight is 1840 g/mol. The van der Waals surface area contributed by atoms with Gasteiger partial charge in [-0.3, -0.25) is 9.80 Å². The highest BCUT2D eigenvalue weighted by atomic mass is 35.5. The Morgan fingerprint density at radius 1 is 0.310 bits per heavy atom. The second kappa shape index (κ2) is 51.4. The number of aryl methyl sites for hydroxylation is 5. The van der Waals surface area contributed by atoms with Gasteiger partial charge in [0.2, 0.25) is 10.0 Å². The molecular formula is C120H180Cl3N3O2S. The van der Waals surface area contributed by atoms with E-state index < -0.39 is 10.0 Å². The molecule has 0 unspecified atom stereocenters. The topological polar surface area (TPSA) is 43.9 Å². The van der Waals surface area contributed by atoms with Crippen molar-refractivity contribution in [3.8, 4) is 0 Å². The van der Waals surface area contributed by atoms with Gasteiger partial charge in [0.15, 0.2) is 0 Å². The van der Waals surface area contributed by atoms with Gasteiger partial charge < -0.3 is 0 Å². The summed E-state index contributed by atoms with van der Waals surface area (Å²) in [5.41, 5.74) is 25.0. The fourth-order valence-corrected chi connectivity index (χ4v) is 19.9. The van der Waals surface area contributed by atoms with Gasteiger partial charge in [0.05, 0.1) is 4.90 Å². The molecule has 9 aromatic carbocycles. The highest BCUT2D eigenvalue weighted by molar-refractivity contribution is 7.89. The van der Waals surface area contributed by atoms with Crippen LogP contribution in [0.25, 0.3) is 0 Å². The third-order valence-electron chi connectivity index (χ3n) is 23.9. The summed E-state index contributed by atoms with van der Waals surface area (Å²) < 4.78 is 28.0. The van der Waals surface area contributed by atoms with Crippen molar-refractivity contribution < 1.29 is 8.42 Å². The number of piperidine rings is 1. The van der Waals surface area contributed by atoms with E-state index in [0.29, 0.717) is 29.8 Å². The molecule has 129 heavy (non-hydrogen) atoms. The molecule has 0 aromatic heterocycles. The van der Waals surface area contributed by atoms with E-state index in [1.54, 1.807) is 21.5 Å². The molecule has 9 heteroatoms. The van der Waals surface area contributed by atoms with Crippen LogP contribution in [-0.2, 0) is 78.3 Å². The van der Waals surface area contributed by atoms with E-state index in [9.17, 15) is 8.42 Å². The zero-order valence-electron chi connectivity index (χ0n) is 88.2. The average Bonchev–Trinajstić information content (AvgIpc) is 1.66. The van der Waals surface area contributed by atoms with Gasteiger partial charge in [0.25, 0.3) is 0 Å². The maximum absolute atomic E-state index is 13.2. The maximum Gasteiger partial charge on any atom is 0.243 e. The van der Waals surface area contributed by atoms with Crippen molar-refractivity contribution in [2.75, 3.05) is 39.3 Å². The third kappa shape index (κ3) is 42.4. The van der Waals surface area contributed by atoms with Gasteiger partial charge in [0, 0.05) is 41.2 Å². The number of likely N-dealkylation sites (tertiary alicyclic amines) is 2. The van der Waals surface area contributed by atoms with Gasteiger partial charge in [-0.2, -0.15) is 4.31 Å². The van der Waals surface area contributed by atoms with E-state index in [-0.39, 0.29) is 48.7 Å². The number of hydrogen-bond acceptors (Lipinski definition) is 4. The van der Waals surface area contributed by atoms with Crippen molar-refractivity contribution in [2.45, 2.75) is 380 Å². The smallest absolute Gasteiger partial charge is 0.243 e. The van der Waals surface area contributed by atoms with Gasteiger partial charge in [0.1, 0.15) is 0 Å². The first-order chi connectivity index (χ1) is 59.4. The summed E-state index contributed by atoms with van der Waals surface area (Å²) in [6, 6.07) is 70.1. The first kappa shape index (κ1) is 115. The number of halogens is 3. The molecule has 1 saturated carbocycles. The summed E-state index contributed by atoms with van der Waals surface area (Å²) in [6.45, 7) is 87.3. The number of sulfonamides is 1. The van der Waals surface area contributed by atoms with Crippen LogP contribution in [-0.4, -0.2) is 61.8 Å². The Bertz CT molecular complexity index is 4620. The molecule has 0 spiro atoms. The fraction of sp³-hybridized carbons (Fsp3) is 0.550. The van der Waals surface area contributed by atoms with Crippen LogP contribution in [0.2, 0.25) is 15.1 Å². The van der Waals surface area contributed by atoms with Gasteiger partial charge >= 0.3 is 0 Å². The van der Waals surface area contributed by atoms with Gasteiger partial charge in [-0.15, -0.1) is 0 Å². The van der Waals surface area contributed by atoms with Crippen molar-refractivity contribution in [2.24, 2.45) is 17.8 Å². The molecular weight excluding hydrogens is 1650 g/mol. The van der Waals surface area contributed by atoms with Gasteiger partial charge in [-0.05, 0) is 291 Å². The lowest BCUT2D eigenvalue weighted by Gasteiger charge is -2.30. The summed E-state index contributed by atoms with van der Waals surface area (Å²) in [4.78, 5) is 5.63. The van der Waals surface area contributed by atoms with E-state index in [1.807, 2.05) is 54.6 Å². The normalized spacial score (nSPS) is 14.4. The summed E-state index contributed by atoms with van der Waals surface area (Å²) in [5.74, 6) is 1.55. The summed E-state index contributed by atoms with van der Waals surface area (Å²) in [5, 5.41) is 2.50. The lowest BCUT2D eigenvalue weighted by molar-refractivity contribution is 0.219. The Kier molecular flexibility index (Phi) is 45.8. The molecule has 0 amide bonds. The Hall–Kier alpha value is -6.32. The predicted octanol–water partition coefficient (Wildman–Crippen LogP) is 35.0. The first-order valence-corrected chi connectivity index (χ1v) is 51.2. The molecule has 1 aliphatic carbocycles. The quantitative estimate of drug-likeness (QED) is 0.122. The molecule has 0 atom stereocenters. The van der Waals surface area contributed by atoms with Gasteiger partial charge in [-0.25, -0.2) is 8.42 Å². The minimum atomic E-state index is -3.47. The highest BCUT2D eigenvalue weighted by Gasteiger charge is 2.32. The van der Waals surface area contributed by atoms with Crippen molar-refractivity contribution in [3.05, 3.63) is 310 Å². The SMILES string of the molecule is CC(C)(C)c1ccccc1CC1CCCC1.CC(C)(C)c1ccccc1CN1CCCC1.CC(C)(C)c1ccccc1CN1CCCCC1.CC(C)CN(CC(C)C)S(=O)(=O)c1ccccc1C(C)(C)C.Cc1cc(Cl)cc(C(C)(C)C)c1.Cc1cc(Cl)cc(C(C)(C)C)c1.Cc1cc(Cl)cc(C(C)(C)C)c1.Cc1cccc(C(C)(C)C)c1.Cc1ccccc1C(C)(C)C. The second-order valence-corrected chi connectivity index (χ2v) is 50.5. The lowest BCUT2D eigenvalue weighted by Crippen LogP contribution is -2.38. The standard InChI is InChI=1S/C18H31NO2S.C16H25N.C16H24.C15H23N.3C11H15Cl.2C11H16/c1-14(2)12-19(13-15(3)4)22(20,21)17-11-9-8-10-16(17)18(5,6)7;1-16(2,3)15-10-6-5-9-14(15)13-17-11-7-4-8-12-17;1-16(2,3)15-11-7-6-10-14(15)12-13-8-4-5-9-13;1-15(2,3)14-9-5-4-8-13(14)12-16-10-6-7-11-16;3*1-8-5-9(11(2,3)4)7-10(12)6-8;1-9-6-5-7-10(8-9)11(2,3)4;1-9-7-5-6-8-10(9)11(2,3)4/h8-11,14-15H,12-13H2,1-7H3;5-6,9-10H,4,7-8,11-13H2,1-3H3;6-7,10-11,13H,4-5,8-9,12H2,1-3H3;4-5,8-9H,6-7,10-12H2,1-3H3;3*5-7H,1-4H3;2*5-8H,1-4H3. The monoisotopic (exact) mass is 1830 g/mol. The van der Waals surface area contributed by atoms with E-state index in [4.69, 9.17) is 34.8 Å². The van der Waals surface area contributed by atoms with Crippen LogP contribution in [0.1, 0.15) is 367 Å². The number of rotatable bonds is 12. The number of benzene rings is 9. The minimum Gasteiger partial charge on any atom is -0.299 e. The molecule has 2 aliphatic heterocycles. The Balaban J connectivity index is 0.000000307. The lowest BCUT2D eigenvalue weighted by atomic mass is 9.81. The molecule has 0 radical (unpaired) electrons. The van der Waals surface area contributed by atoms with Crippen molar-refractivity contribution in [1.29, 1.82) is 0 Å². The van der Waals surface area contributed by atoms with Crippen LogP contribution in [0.15, 0.2) is 205 Å². The Morgan fingerprint density at radius 2 is 0.605 bits per heavy atom. The number of hydrogen-bond donors (Lipinski definition) is 0. The van der Waals surface area contributed by atoms with Crippen LogP contribution < -0.4 is 0 Å². The molecule has 0 N–H and O–H groups in total. The third-order valence-corrected chi connectivity index (χ3v) is 26.5. The van der Waals surface area contributed by atoms with E-state index in [0.717, 1.165) is 39.6 Å². The molecule has 3 aliphatic rings. The van der Waals surface area contributed by atoms with Crippen molar-refractivity contribution in [3.63, 3.8) is 0 Å². The van der Waals surface area contributed by atoms with Crippen LogP contribution in [0.3, 0.4) is 0 Å². The summed E-state index contributed by atoms with van der Waals surface area (Å²) >= 11 is 17.9. The molecule has 714 valence electrons. The minimum absolute atomic E-state index is 0.190. The zero-order chi connectivity index (χ0) is 97.7. The Morgan fingerprint density at radius 3 is 0.907 bits per heavy atom. The van der Waals surface area contributed by atoms with E-state index in [1.165, 1.54) is 168 Å². The number of nitrogens with zero attached hydrogens (tertiary/aromatic N) is 3. The fourth-order valence-electron chi connectivity index (χ4n) is 16.8. The van der Waals surface area contributed by atoms with Crippen LogP contribution in [0.4, 0.5) is 0 Å². The van der Waals surface area contributed by atoms with Crippen LogP contribution in [0.5, 0.6) is 0 Å². The molecule has 3 fully saturated rings. The summed E-state index contributed by atoms with van der Waals surface area (Å²) in [6.07, 6.45) is 14.0. The molecule has 2 heterocycles. The molecule has 0 bridgehead atoms. The predicted molar refractivity (Wildman–Crippen MR) is 573 cm³/mol. The molecule has 2 saturated heterocycles. The molecule has 5 nitrogen and oxygen atoms in total. The van der Waals surface area contributed by atoms with E-state index >= 15 is 0 Å². The van der Waals surface area contributed by atoms with Gasteiger partial charge in [-0.1, -0.05) is 445 Å². The highest BCUT2D eigenvalue weighted by Crippen LogP contribution is 2.37. The van der Waals surface area contributed by atoms with Crippen LogP contribution >= 0.6 is 34.8 Å². The van der Waals surface area contributed by atoms with E-state index in [2.05, 4.69) is 399 Å². The largest absolute Gasteiger partial charge is 0.299 e. The Labute approximate surface area is 808 Å². The van der Waals surface area contributed by atoms with Crippen LogP contribution in [0, 0.1) is 52.4 Å². The second-order valence-electron chi connectivity index (χ2n) is 47.2.